The summed E-state index contributed by atoms with van der Waals surface area (Å²) in [5.41, 5.74) is 1.41. The lowest BCUT2D eigenvalue weighted by molar-refractivity contribution is -0.385. The minimum absolute atomic E-state index is 0.0417. The van der Waals surface area contributed by atoms with Crippen molar-refractivity contribution in [1.29, 1.82) is 0 Å². The van der Waals surface area contributed by atoms with Crippen LogP contribution in [0.25, 0.3) is 0 Å². The Morgan fingerprint density at radius 1 is 1.07 bits per heavy atom. The average Bonchev–Trinajstić information content (AvgIpc) is 2.93. The van der Waals surface area contributed by atoms with Gasteiger partial charge in [-0.15, -0.1) is 0 Å². The number of nitrogens with zero attached hydrogens (tertiary/aromatic N) is 3. The van der Waals surface area contributed by atoms with E-state index in [-0.39, 0.29) is 16.5 Å². The summed E-state index contributed by atoms with van der Waals surface area (Å²) in [5.74, 6) is 0.531. The minimum Gasteiger partial charge on any atom is -0.496 e. The normalized spacial score (nSPS) is 15.2. The lowest BCUT2D eigenvalue weighted by Crippen LogP contribution is -2.35. The first-order chi connectivity index (χ1) is 13.1. The Morgan fingerprint density at radius 3 is 2.59 bits per heavy atom. The van der Waals surface area contributed by atoms with Gasteiger partial charge in [0.1, 0.15) is 5.75 Å². The van der Waals surface area contributed by atoms with E-state index in [1.807, 2.05) is 23.1 Å². The van der Waals surface area contributed by atoms with Crippen LogP contribution in [0.2, 0.25) is 0 Å². The molecule has 27 heavy (non-hydrogen) atoms. The number of carbonyl (C=O) groups excluding carboxylic acids is 1. The third kappa shape index (κ3) is 4.43. The van der Waals surface area contributed by atoms with E-state index in [0.29, 0.717) is 43.1 Å². The Kier molecular flexibility index (Phi) is 6.03. The molecule has 1 fully saturated rings. The quantitative estimate of drug-likeness (QED) is 0.598. The van der Waals surface area contributed by atoms with Crippen molar-refractivity contribution in [3.8, 4) is 5.75 Å². The van der Waals surface area contributed by atoms with Gasteiger partial charge in [-0.3, -0.25) is 19.8 Å². The molecule has 0 saturated carbocycles. The largest absolute Gasteiger partial charge is 0.496 e. The second-order valence-electron chi connectivity index (χ2n) is 6.51. The molecule has 2 aromatic rings. The molecule has 1 aliphatic heterocycles. The Bertz CT molecular complexity index is 824. The maximum absolute atomic E-state index is 12.9. The third-order valence-corrected chi connectivity index (χ3v) is 4.80. The SMILES string of the molecule is COc1ccccc1C(=O)N1CCCN(Cc2ccccc2[N+](=O)[O-])CC1. The lowest BCUT2D eigenvalue weighted by Gasteiger charge is -2.22. The minimum atomic E-state index is -0.343. The fraction of sp³-hybridized carbons (Fsp3) is 0.350. The highest BCUT2D eigenvalue weighted by molar-refractivity contribution is 5.97. The number of rotatable bonds is 5. The predicted octanol–water partition coefficient (Wildman–Crippen LogP) is 2.95. The molecule has 2 aromatic carbocycles. The zero-order valence-corrected chi connectivity index (χ0v) is 15.3. The molecule has 0 bridgehead atoms. The maximum atomic E-state index is 12.9. The van der Waals surface area contributed by atoms with Crippen molar-refractivity contribution in [2.45, 2.75) is 13.0 Å². The van der Waals surface area contributed by atoms with Crippen molar-refractivity contribution in [2.75, 3.05) is 33.3 Å². The van der Waals surface area contributed by atoms with Crippen LogP contribution in [0, 0.1) is 10.1 Å². The number of hydrogen-bond acceptors (Lipinski definition) is 5. The van der Waals surface area contributed by atoms with Crippen LogP contribution in [-0.2, 0) is 6.54 Å². The van der Waals surface area contributed by atoms with Gasteiger partial charge >= 0.3 is 0 Å². The molecule has 1 amide bonds. The van der Waals surface area contributed by atoms with Crippen LogP contribution in [0.4, 0.5) is 5.69 Å². The number of hydrogen-bond donors (Lipinski definition) is 0. The fourth-order valence-electron chi connectivity index (χ4n) is 3.39. The highest BCUT2D eigenvalue weighted by Gasteiger charge is 2.23. The van der Waals surface area contributed by atoms with Gasteiger partial charge in [0.15, 0.2) is 0 Å². The van der Waals surface area contributed by atoms with Crippen LogP contribution in [0.15, 0.2) is 48.5 Å². The van der Waals surface area contributed by atoms with E-state index in [0.717, 1.165) is 13.0 Å². The molecular formula is C20H23N3O4. The van der Waals surface area contributed by atoms with Crippen molar-refractivity contribution in [1.82, 2.24) is 9.80 Å². The smallest absolute Gasteiger partial charge is 0.273 e. The molecule has 0 N–H and O–H groups in total. The number of ether oxygens (including phenoxy) is 1. The van der Waals surface area contributed by atoms with Gasteiger partial charge in [-0.05, 0) is 18.6 Å². The third-order valence-electron chi connectivity index (χ3n) is 4.80. The van der Waals surface area contributed by atoms with E-state index < -0.39 is 0 Å². The van der Waals surface area contributed by atoms with Crippen molar-refractivity contribution >= 4 is 11.6 Å². The molecular weight excluding hydrogens is 346 g/mol. The van der Waals surface area contributed by atoms with Crippen LogP contribution >= 0.6 is 0 Å². The van der Waals surface area contributed by atoms with Crippen LogP contribution in [0.5, 0.6) is 5.75 Å². The molecule has 0 radical (unpaired) electrons. The van der Waals surface area contributed by atoms with Crippen LogP contribution in [0.3, 0.4) is 0 Å². The van der Waals surface area contributed by atoms with Crippen LogP contribution in [-0.4, -0.2) is 53.9 Å². The second kappa shape index (κ2) is 8.64. The molecule has 1 saturated heterocycles. The van der Waals surface area contributed by atoms with Crippen molar-refractivity contribution in [3.63, 3.8) is 0 Å². The highest BCUT2D eigenvalue weighted by atomic mass is 16.6. The van der Waals surface area contributed by atoms with Crippen molar-refractivity contribution in [2.24, 2.45) is 0 Å². The lowest BCUT2D eigenvalue weighted by atomic mass is 10.1. The zero-order chi connectivity index (χ0) is 19.2. The number of benzene rings is 2. The fourth-order valence-corrected chi connectivity index (χ4v) is 3.39. The first kappa shape index (κ1) is 18.8. The van der Waals surface area contributed by atoms with E-state index >= 15 is 0 Å². The van der Waals surface area contributed by atoms with E-state index in [1.165, 1.54) is 6.07 Å². The van der Waals surface area contributed by atoms with E-state index in [4.69, 9.17) is 4.74 Å². The number of para-hydroxylation sites is 2. The molecule has 0 aromatic heterocycles. The molecule has 1 aliphatic rings. The molecule has 7 nitrogen and oxygen atoms in total. The summed E-state index contributed by atoms with van der Waals surface area (Å²) in [6.45, 7) is 3.21. The molecule has 0 spiro atoms. The summed E-state index contributed by atoms with van der Waals surface area (Å²) in [6, 6.07) is 14.0. The summed E-state index contributed by atoms with van der Waals surface area (Å²) in [7, 11) is 1.56. The van der Waals surface area contributed by atoms with E-state index in [2.05, 4.69) is 4.90 Å². The summed E-state index contributed by atoms with van der Waals surface area (Å²) >= 11 is 0. The van der Waals surface area contributed by atoms with Gasteiger partial charge in [0, 0.05) is 44.4 Å². The number of carbonyl (C=O) groups is 1. The number of nitro groups is 1. The average molecular weight is 369 g/mol. The van der Waals surface area contributed by atoms with Crippen molar-refractivity contribution in [3.05, 3.63) is 69.8 Å². The first-order valence-corrected chi connectivity index (χ1v) is 8.97. The predicted molar refractivity (Wildman–Crippen MR) is 102 cm³/mol. The maximum Gasteiger partial charge on any atom is 0.273 e. The molecule has 1 heterocycles. The van der Waals surface area contributed by atoms with E-state index in [1.54, 1.807) is 31.4 Å². The number of amides is 1. The Labute approximate surface area is 158 Å². The summed E-state index contributed by atoms with van der Waals surface area (Å²) in [6.07, 6.45) is 0.821. The highest BCUT2D eigenvalue weighted by Crippen LogP contribution is 2.22. The standard InChI is InChI=1S/C20H23N3O4/c1-27-19-10-5-3-8-17(19)20(24)22-12-6-11-21(13-14-22)15-16-7-2-4-9-18(16)23(25)26/h2-5,7-10H,6,11-15H2,1H3. The first-order valence-electron chi connectivity index (χ1n) is 8.97. The zero-order valence-electron chi connectivity index (χ0n) is 15.3. The molecule has 7 heteroatoms. The Hall–Kier alpha value is -2.93. The van der Waals surface area contributed by atoms with Gasteiger partial charge in [-0.2, -0.15) is 0 Å². The molecule has 0 atom stereocenters. The molecule has 142 valence electrons. The van der Waals surface area contributed by atoms with Gasteiger partial charge in [0.05, 0.1) is 17.6 Å². The second-order valence-corrected chi connectivity index (χ2v) is 6.51. The topological polar surface area (TPSA) is 75.9 Å². The Balaban J connectivity index is 1.67. The number of nitro benzene ring substituents is 1. The van der Waals surface area contributed by atoms with Crippen molar-refractivity contribution < 1.29 is 14.5 Å². The van der Waals surface area contributed by atoms with Gasteiger partial charge in [0.25, 0.3) is 11.6 Å². The number of methoxy groups -OCH3 is 1. The molecule has 0 aliphatic carbocycles. The molecule has 0 unspecified atom stereocenters. The molecule has 3 rings (SSSR count). The van der Waals surface area contributed by atoms with Crippen LogP contribution < -0.4 is 4.74 Å². The summed E-state index contributed by atoms with van der Waals surface area (Å²) < 4.78 is 5.30. The Morgan fingerprint density at radius 2 is 1.81 bits per heavy atom. The summed E-state index contributed by atoms with van der Waals surface area (Å²) in [4.78, 5) is 27.7. The van der Waals surface area contributed by atoms with Gasteiger partial charge < -0.3 is 9.64 Å². The van der Waals surface area contributed by atoms with Gasteiger partial charge in [-0.1, -0.05) is 30.3 Å². The monoisotopic (exact) mass is 369 g/mol. The van der Waals surface area contributed by atoms with Gasteiger partial charge in [-0.25, -0.2) is 0 Å². The summed E-state index contributed by atoms with van der Waals surface area (Å²) in [5, 5.41) is 11.2. The van der Waals surface area contributed by atoms with Gasteiger partial charge in [0.2, 0.25) is 0 Å². The van der Waals surface area contributed by atoms with Crippen LogP contribution in [0.1, 0.15) is 22.3 Å². The van der Waals surface area contributed by atoms with E-state index in [9.17, 15) is 14.9 Å².